The molecule has 28 heavy (non-hydrogen) atoms. The fraction of sp³-hybridized carbons (Fsp3) is 0.684. The monoisotopic (exact) mass is 422 g/mol. The molecule has 2 aliphatic heterocycles. The van der Waals surface area contributed by atoms with Crippen molar-refractivity contribution in [1.29, 1.82) is 0 Å². The lowest BCUT2D eigenvalue weighted by Crippen LogP contribution is -2.49. The Kier molecular flexibility index (Phi) is 7.25. The van der Waals surface area contributed by atoms with Gasteiger partial charge in [-0.1, -0.05) is 12.4 Å². The molecule has 0 bridgehead atoms. The number of rotatable bonds is 7. The zero-order valence-electron chi connectivity index (χ0n) is 16.9. The Bertz CT molecular complexity index is 745. The summed E-state index contributed by atoms with van der Waals surface area (Å²) in [6.45, 7) is 5.96. The Morgan fingerprint density at radius 1 is 1.46 bits per heavy atom. The summed E-state index contributed by atoms with van der Waals surface area (Å²) < 4.78 is 17.5. The van der Waals surface area contributed by atoms with Crippen molar-refractivity contribution in [2.45, 2.75) is 38.2 Å². The molecule has 1 aromatic rings. The van der Waals surface area contributed by atoms with E-state index in [2.05, 4.69) is 11.8 Å². The second kappa shape index (κ2) is 9.30. The molecule has 1 spiro atoms. The first-order valence-corrected chi connectivity index (χ1v) is 12.4. The van der Waals surface area contributed by atoms with E-state index in [0.29, 0.717) is 24.5 Å². The van der Waals surface area contributed by atoms with E-state index in [1.54, 1.807) is 12.5 Å². The molecule has 0 aliphatic carbocycles. The van der Waals surface area contributed by atoms with E-state index in [9.17, 15) is 4.21 Å². The van der Waals surface area contributed by atoms with Crippen molar-refractivity contribution < 1.29 is 8.95 Å². The van der Waals surface area contributed by atoms with Crippen molar-refractivity contribution in [2.24, 2.45) is 11.6 Å². The van der Waals surface area contributed by atoms with Crippen LogP contribution in [0.2, 0.25) is 0 Å². The lowest BCUT2D eigenvalue weighted by molar-refractivity contribution is -0.0954. The zero-order valence-corrected chi connectivity index (χ0v) is 18.5. The van der Waals surface area contributed by atoms with Gasteiger partial charge in [0.05, 0.1) is 12.2 Å². The van der Waals surface area contributed by atoms with Crippen molar-refractivity contribution in [2.75, 3.05) is 44.8 Å². The minimum absolute atomic E-state index is 0.234. The van der Waals surface area contributed by atoms with E-state index in [4.69, 9.17) is 24.2 Å². The number of likely N-dealkylation sites (tertiary alicyclic amines) is 1. The summed E-state index contributed by atoms with van der Waals surface area (Å²) >= 11 is 1.87. The fourth-order valence-electron chi connectivity index (χ4n) is 4.17. The largest absolute Gasteiger partial charge is 0.400 e. The first-order chi connectivity index (χ1) is 13.3. The summed E-state index contributed by atoms with van der Waals surface area (Å²) in [6, 6.07) is 0. The smallest absolute Gasteiger partial charge is 0.115 e. The number of hydrogen-bond donors (Lipinski definition) is 2. The molecule has 4 N–H and O–H groups in total. The van der Waals surface area contributed by atoms with Crippen molar-refractivity contribution in [3.8, 4) is 0 Å². The number of ether oxygens (including phenoxy) is 1. The maximum atomic E-state index is 11.2. The van der Waals surface area contributed by atoms with Gasteiger partial charge < -0.3 is 15.5 Å². The van der Waals surface area contributed by atoms with Gasteiger partial charge in [0.15, 0.2) is 0 Å². The van der Waals surface area contributed by atoms with Gasteiger partial charge in [0.2, 0.25) is 0 Å². The second-order valence-corrected chi connectivity index (χ2v) is 10.4. The van der Waals surface area contributed by atoms with Crippen molar-refractivity contribution in [3.63, 3.8) is 0 Å². The quantitative estimate of drug-likeness (QED) is 0.374. The van der Waals surface area contributed by atoms with Crippen LogP contribution in [-0.4, -0.2) is 66.8 Å². The van der Waals surface area contributed by atoms with Gasteiger partial charge in [0.1, 0.15) is 7.85 Å². The molecule has 9 heteroatoms. The lowest BCUT2D eigenvalue weighted by Gasteiger charge is -2.44. The van der Waals surface area contributed by atoms with E-state index < -0.39 is 10.8 Å². The van der Waals surface area contributed by atoms with Crippen LogP contribution in [0, 0.1) is 0 Å². The number of aryl methyl sites for hydroxylation is 1. The van der Waals surface area contributed by atoms with Gasteiger partial charge in [-0.05, 0) is 29.7 Å². The highest BCUT2D eigenvalue weighted by molar-refractivity contribution is 7.84. The Hall–Kier alpha value is -0.865. The topological polar surface area (TPSA) is 84.8 Å². The molecule has 1 fully saturated rings. The molecule has 154 valence electrons. The van der Waals surface area contributed by atoms with Gasteiger partial charge in [-0.15, -0.1) is 11.3 Å². The summed E-state index contributed by atoms with van der Waals surface area (Å²) in [5, 5.41) is 1.52. The van der Waals surface area contributed by atoms with Gasteiger partial charge in [0, 0.05) is 72.2 Å². The van der Waals surface area contributed by atoms with Crippen LogP contribution >= 0.6 is 11.3 Å². The summed E-state index contributed by atoms with van der Waals surface area (Å²) in [5.74, 6) is 6.45. The van der Waals surface area contributed by atoms with Gasteiger partial charge in [0.25, 0.3) is 0 Å². The molecule has 3 heterocycles. The van der Waals surface area contributed by atoms with Crippen molar-refractivity contribution in [1.82, 2.24) is 9.91 Å². The number of thiophene rings is 1. The summed E-state index contributed by atoms with van der Waals surface area (Å²) in [4.78, 5) is 5.05. The molecule has 1 saturated heterocycles. The van der Waals surface area contributed by atoms with E-state index in [1.165, 1.54) is 20.3 Å². The van der Waals surface area contributed by atoms with E-state index in [-0.39, 0.29) is 5.60 Å². The van der Waals surface area contributed by atoms with Crippen LogP contribution in [0.4, 0.5) is 0 Å². The summed E-state index contributed by atoms with van der Waals surface area (Å²) in [5.41, 5.74) is 8.89. The molecule has 3 rings (SSSR count). The minimum atomic E-state index is -0.858. The van der Waals surface area contributed by atoms with E-state index >= 15 is 0 Å². The zero-order chi connectivity index (χ0) is 20.3. The van der Waals surface area contributed by atoms with Crippen LogP contribution in [0.5, 0.6) is 0 Å². The molecule has 0 amide bonds. The molecule has 0 aromatic carbocycles. The van der Waals surface area contributed by atoms with Crippen LogP contribution in [0.1, 0.15) is 35.1 Å². The number of nitrogens with two attached hydrogens (primary N) is 2. The molecular weight excluding hydrogens is 391 g/mol. The number of fused-ring (bicyclic) bond motifs is 2. The molecule has 2 aliphatic rings. The Labute approximate surface area is 176 Å². The molecule has 6 nitrogen and oxygen atoms in total. The average molecular weight is 422 g/mol. The standard InChI is InChI=1S/C19H31BN4O2S2/c1-3-15-18(20)17-16(27-15)4-10-26-19(17)5-7-23(8-6-19)12-14(21)13-24(22)9-11-28(2)25/h13H,3-12,21-22H2,1-2H3/b14-13-. The number of nitrogens with zero attached hydrogens (tertiary/aromatic N) is 2. The highest BCUT2D eigenvalue weighted by atomic mass is 32.2. The Balaban J connectivity index is 1.61. The number of piperidine rings is 1. The van der Waals surface area contributed by atoms with Crippen LogP contribution in [0.15, 0.2) is 11.9 Å². The molecule has 1 aromatic heterocycles. The maximum Gasteiger partial charge on any atom is 0.115 e. The maximum absolute atomic E-state index is 11.2. The predicted molar refractivity (Wildman–Crippen MR) is 118 cm³/mol. The summed E-state index contributed by atoms with van der Waals surface area (Å²) in [7, 11) is 5.65. The molecule has 1 atom stereocenters. The fourth-order valence-corrected chi connectivity index (χ4v) is 5.88. The Morgan fingerprint density at radius 3 is 2.82 bits per heavy atom. The van der Waals surface area contributed by atoms with E-state index in [1.807, 2.05) is 11.3 Å². The lowest BCUT2D eigenvalue weighted by atomic mass is 9.75. The van der Waals surface area contributed by atoms with Crippen LogP contribution in [0.3, 0.4) is 0 Å². The van der Waals surface area contributed by atoms with Gasteiger partial charge in [-0.25, -0.2) is 5.84 Å². The van der Waals surface area contributed by atoms with Crippen LogP contribution < -0.4 is 17.0 Å². The first-order valence-electron chi connectivity index (χ1n) is 9.89. The number of hydrazine groups is 1. The predicted octanol–water partition coefficient (Wildman–Crippen LogP) is 0.322. The normalized spacial score (nSPS) is 20.9. The van der Waals surface area contributed by atoms with Gasteiger partial charge in [-0.3, -0.25) is 9.11 Å². The first kappa shape index (κ1) is 21.8. The third-order valence-electron chi connectivity index (χ3n) is 5.62. The van der Waals surface area contributed by atoms with Crippen LogP contribution in [-0.2, 0) is 34.0 Å². The molecular formula is C19H31BN4O2S2. The minimum Gasteiger partial charge on any atom is -0.400 e. The third kappa shape index (κ3) is 4.82. The van der Waals surface area contributed by atoms with Gasteiger partial charge >= 0.3 is 0 Å². The van der Waals surface area contributed by atoms with Crippen molar-refractivity contribution >= 4 is 35.4 Å². The number of hydrogen-bond acceptors (Lipinski definition) is 7. The van der Waals surface area contributed by atoms with Crippen LogP contribution in [0.25, 0.3) is 0 Å². The average Bonchev–Trinajstić information content (AvgIpc) is 2.99. The highest BCUT2D eigenvalue weighted by Gasteiger charge is 2.43. The molecule has 1 unspecified atom stereocenters. The van der Waals surface area contributed by atoms with Gasteiger partial charge in [-0.2, -0.15) is 0 Å². The third-order valence-corrected chi connectivity index (χ3v) is 7.78. The molecule has 2 radical (unpaired) electrons. The van der Waals surface area contributed by atoms with Crippen molar-refractivity contribution in [3.05, 3.63) is 27.2 Å². The second-order valence-electron chi connectivity index (χ2n) is 7.68. The summed E-state index contributed by atoms with van der Waals surface area (Å²) in [6.07, 6.45) is 7.23. The molecule has 0 saturated carbocycles. The van der Waals surface area contributed by atoms with E-state index in [0.717, 1.165) is 50.8 Å². The highest BCUT2D eigenvalue weighted by Crippen LogP contribution is 2.43. The SMILES string of the molecule is [B]c1c(CC)sc2c1C1(CCN(C/C(N)=C/N(N)CCS(C)=O)CC1)OCC2. The Morgan fingerprint density at radius 2 is 2.18 bits per heavy atom.